The number of carbonyl (C=O) groups is 1. The van der Waals surface area contributed by atoms with Gasteiger partial charge in [0.25, 0.3) is 5.56 Å². The maximum atomic E-state index is 12.4. The Hall–Kier alpha value is -2.60. The van der Waals surface area contributed by atoms with Gasteiger partial charge in [-0.05, 0) is 31.2 Å². The minimum atomic E-state index is -1.26. The number of nitrogens with one attached hydrogen (secondary N) is 1. The van der Waals surface area contributed by atoms with Gasteiger partial charge in [-0.25, -0.2) is 4.79 Å². The predicted octanol–water partition coefficient (Wildman–Crippen LogP) is 1.74. The van der Waals surface area contributed by atoms with E-state index >= 15 is 0 Å². The van der Waals surface area contributed by atoms with Gasteiger partial charge in [0.2, 0.25) is 0 Å². The van der Waals surface area contributed by atoms with Crippen molar-refractivity contribution in [1.82, 2.24) is 4.98 Å². The summed E-state index contributed by atoms with van der Waals surface area (Å²) in [4.78, 5) is 37.4. The van der Waals surface area contributed by atoms with Gasteiger partial charge in [-0.2, -0.15) is 0 Å². The lowest BCUT2D eigenvalue weighted by atomic mass is 10.1. The molecule has 0 radical (unpaired) electrons. The van der Waals surface area contributed by atoms with Gasteiger partial charge in [-0.1, -0.05) is 11.6 Å². The zero-order valence-electron chi connectivity index (χ0n) is 10.8. The Morgan fingerprint density at radius 3 is 2.62 bits per heavy atom. The molecule has 2 aromatic rings. The van der Waals surface area contributed by atoms with E-state index in [1.165, 1.54) is 25.1 Å². The number of rotatable bonds is 2. The second-order valence-electron chi connectivity index (χ2n) is 4.37. The van der Waals surface area contributed by atoms with Crippen LogP contribution in [0.5, 0.6) is 5.75 Å². The van der Waals surface area contributed by atoms with Gasteiger partial charge in [-0.15, -0.1) is 0 Å². The Bertz CT molecular complexity index is 898. The Morgan fingerprint density at radius 2 is 2.00 bits per heavy atom. The van der Waals surface area contributed by atoms with Crippen LogP contribution in [0.15, 0.2) is 33.4 Å². The topological polar surface area (TPSA) is 107 Å². The second kappa shape index (κ2) is 5.41. The van der Waals surface area contributed by atoms with E-state index < -0.39 is 22.7 Å². The molecular weight excluding hydrogens is 298 g/mol. The van der Waals surface area contributed by atoms with Gasteiger partial charge in [0.15, 0.2) is 11.2 Å². The molecule has 0 saturated heterocycles. The molecule has 0 spiro atoms. The van der Waals surface area contributed by atoms with Crippen molar-refractivity contribution in [2.75, 3.05) is 0 Å². The van der Waals surface area contributed by atoms with Crippen molar-refractivity contribution in [2.45, 2.75) is 6.92 Å². The molecule has 0 aliphatic carbocycles. The molecule has 6 nitrogen and oxygen atoms in total. The van der Waals surface area contributed by atoms with Crippen LogP contribution in [0.25, 0.3) is 17.0 Å². The summed E-state index contributed by atoms with van der Waals surface area (Å²) < 4.78 is 0. The summed E-state index contributed by atoms with van der Waals surface area (Å²) in [7, 11) is 0. The molecule has 2 rings (SSSR count). The Morgan fingerprint density at radius 1 is 1.33 bits per heavy atom. The fourth-order valence-electron chi connectivity index (χ4n) is 1.79. The van der Waals surface area contributed by atoms with Crippen LogP contribution in [0.2, 0.25) is 5.02 Å². The molecule has 3 N–H and O–H groups in total. The van der Waals surface area contributed by atoms with Crippen molar-refractivity contribution < 1.29 is 15.0 Å². The smallest absolute Gasteiger partial charge is 0.331 e. The third-order valence-electron chi connectivity index (χ3n) is 2.89. The molecular formula is C14H10ClNO5. The van der Waals surface area contributed by atoms with Crippen molar-refractivity contribution >= 4 is 34.5 Å². The number of aromatic nitrogens is 1. The van der Waals surface area contributed by atoms with E-state index in [0.717, 1.165) is 6.08 Å². The fourth-order valence-corrected chi connectivity index (χ4v) is 1.96. The predicted molar refractivity (Wildman–Crippen MR) is 78.8 cm³/mol. The van der Waals surface area contributed by atoms with Crippen molar-refractivity contribution in [3.05, 3.63) is 54.9 Å². The Labute approximate surface area is 122 Å². The highest BCUT2D eigenvalue weighted by atomic mass is 35.5. The molecule has 108 valence electrons. The standard InChI is InChI=1S/C14H10ClNO5/c1-6(14(20)21)4-9-11(17)8-3-2-7(15)5-10(8)16-13(19)12(9)18/h2-5,18H,1H3,(H,16,19)(H,20,21)/b6-4+. The first-order valence-corrected chi connectivity index (χ1v) is 6.19. The number of halogens is 1. The monoisotopic (exact) mass is 307 g/mol. The van der Waals surface area contributed by atoms with Crippen LogP contribution >= 0.6 is 11.6 Å². The van der Waals surface area contributed by atoms with Crippen molar-refractivity contribution in [3.8, 4) is 5.75 Å². The molecule has 7 heteroatoms. The average molecular weight is 308 g/mol. The molecule has 0 aliphatic rings. The molecule has 0 bridgehead atoms. The van der Waals surface area contributed by atoms with E-state index in [4.69, 9.17) is 16.7 Å². The van der Waals surface area contributed by atoms with E-state index in [2.05, 4.69) is 4.98 Å². The number of carboxylic acid groups (broad SMARTS) is 1. The van der Waals surface area contributed by atoms with E-state index in [1.807, 2.05) is 0 Å². The molecule has 0 amide bonds. The molecule has 1 aromatic heterocycles. The highest BCUT2D eigenvalue weighted by molar-refractivity contribution is 6.31. The highest BCUT2D eigenvalue weighted by Gasteiger charge is 2.12. The first-order valence-electron chi connectivity index (χ1n) is 5.81. The summed E-state index contributed by atoms with van der Waals surface area (Å²) in [5.74, 6) is -2.10. The molecule has 0 aliphatic heterocycles. The number of carboxylic acids is 1. The van der Waals surface area contributed by atoms with Crippen LogP contribution in [-0.2, 0) is 4.79 Å². The number of benzene rings is 1. The molecule has 1 aromatic carbocycles. The van der Waals surface area contributed by atoms with E-state index in [0.29, 0.717) is 5.02 Å². The SMILES string of the molecule is C/C(=C\c1c(O)c(=O)[nH]c2cc(Cl)ccc2c1=O)C(=O)O. The summed E-state index contributed by atoms with van der Waals surface area (Å²) in [6.45, 7) is 1.25. The summed E-state index contributed by atoms with van der Waals surface area (Å²) in [5.41, 5.74) is -1.99. The third kappa shape index (κ3) is 2.80. The fraction of sp³-hybridized carbons (Fsp3) is 0.0714. The summed E-state index contributed by atoms with van der Waals surface area (Å²) in [6, 6.07) is 4.22. The maximum absolute atomic E-state index is 12.4. The normalized spacial score (nSPS) is 11.6. The second-order valence-corrected chi connectivity index (χ2v) is 4.80. The molecule has 21 heavy (non-hydrogen) atoms. The number of fused-ring (bicyclic) bond motifs is 1. The van der Waals surface area contributed by atoms with E-state index in [-0.39, 0.29) is 22.0 Å². The molecule has 0 unspecified atom stereocenters. The Kier molecular flexibility index (Phi) is 3.82. The number of H-pyrrole nitrogens is 1. The van der Waals surface area contributed by atoms with Gasteiger partial charge >= 0.3 is 5.97 Å². The minimum absolute atomic E-state index is 0.112. The summed E-state index contributed by atoms with van der Waals surface area (Å²) in [6.07, 6.45) is 0.962. The lowest BCUT2D eigenvalue weighted by molar-refractivity contribution is -0.132. The van der Waals surface area contributed by atoms with Crippen LogP contribution < -0.4 is 11.0 Å². The van der Waals surface area contributed by atoms with Crippen molar-refractivity contribution in [2.24, 2.45) is 0 Å². The summed E-state index contributed by atoms with van der Waals surface area (Å²) in [5, 5.41) is 19.1. The number of hydrogen-bond donors (Lipinski definition) is 3. The number of aliphatic carboxylic acids is 1. The van der Waals surface area contributed by atoms with Gasteiger partial charge in [0.05, 0.1) is 11.1 Å². The van der Waals surface area contributed by atoms with Crippen molar-refractivity contribution in [3.63, 3.8) is 0 Å². The molecule has 1 heterocycles. The Balaban J connectivity index is 3.00. The summed E-state index contributed by atoms with van der Waals surface area (Å²) >= 11 is 5.80. The molecule has 0 atom stereocenters. The first-order chi connectivity index (χ1) is 9.81. The number of hydrogen-bond acceptors (Lipinski definition) is 4. The van der Waals surface area contributed by atoms with E-state index in [1.54, 1.807) is 0 Å². The zero-order valence-corrected chi connectivity index (χ0v) is 11.6. The van der Waals surface area contributed by atoms with Crippen LogP contribution in [0.3, 0.4) is 0 Å². The van der Waals surface area contributed by atoms with Crippen molar-refractivity contribution in [1.29, 1.82) is 0 Å². The number of aromatic hydroxyl groups is 1. The minimum Gasteiger partial charge on any atom is -0.503 e. The lowest BCUT2D eigenvalue weighted by Gasteiger charge is -1.95. The van der Waals surface area contributed by atoms with Gasteiger partial charge in [0, 0.05) is 16.0 Å². The quantitative estimate of drug-likeness (QED) is 0.732. The number of aromatic amines is 1. The lowest BCUT2D eigenvalue weighted by Crippen LogP contribution is -2.07. The average Bonchev–Trinajstić information content (AvgIpc) is 2.49. The largest absolute Gasteiger partial charge is 0.503 e. The first kappa shape index (κ1) is 14.8. The maximum Gasteiger partial charge on any atom is 0.331 e. The zero-order chi connectivity index (χ0) is 15.7. The third-order valence-corrected chi connectivity index (χ3v) is 3.12. The molecule has 0 saturated carbocycles. The molecule has 0 fully saturated rings. The van der Waals surface area contributed by atoms with Crippen LogP contribution in [0.4, 0.5) is 0 Å². The van der Waals surface area contributed by atoms with Gasteiger partial charge in [-0.3, -0.25) is 9.59 Å². The highest BCUT2D eigenvalue weighted by Crippen LogP contribution is 2.17. The van der Waals surface area contributed by atoms with Crippen LogP contribution in [0, 0.1) is 0 Å². The van der Waals surface area contributed by atoms with Gasteiger partial charge in [0.1, 0.15) is 0 Å². The van der Waals surface area contributed by atoms with Crippen LogP contribution in [0.1, 0.15) is 12.5 Å². The van der Waals surface area contributed by atoms with Gasteiger partial charge < -0.3 is 15.2 Å². The van der Waals surface area contributed by atoms with Crippen LogP contribution in [-0.4, -0.2) is 21.2 Å². The van der Waals surface area contributed by atoms with E-state index in [9.17, 15) is 19.5 Å².